The van der Waals surface area contributed by atoms with Gasteiger partial charge in [0.1, 0.15) is 0 Å². The molecule has 0 aliphatic carbocycles. The van der Waals surface area contributed by atoms with E-state index in [9.17, 15) is 13.2 Å². The molecule has 3 rings (SSSR count). The van der Waals surface area contributed by atoms with Gasteiger partial charge in [-0.15, -0.1) is 0 Å². The lowest BCUT2D eigenvalue weighted by Gasteiger charge is -2.30. The average molecular weight is 392 g/mol. The number of nitrogens with one attached hydrogen (secondary N) is 1. The van der Waals surface area contributed by atoms with Crippen molar-refractivity contribution in [3.8, 4) is 11.4 Å². The lowest BCUT2D eigenvalue weighted by Crippen LogP contribution is -2.45. The summed E-state index contributed by atoms with van der Waals surface area (Å²) < 4.78 is 30.7. The monoisotopic (exact) mass is 392 g/mol. The molecule has 0 saturated carbocycles. The third-order valence-corrected chi connectivity index (χ3v) is 6.52. The number of aryl methyl sites for hydroxylation is 1. The van der Waals surface area contributed by atoms with Crippen molar-refractivity contribution in [3.05, 3.63) is 35.7 Å². The molecule has 1 N–H and O–H groups in total. The Morgan fingerprint density at radius 3 is 2.96 bits per heavy atom. The van der Waals surface area contributed by atoms with Gasteiger partial charge in [-0.2, -0.15) is 4.98 Å². The summed E-state index contributed by atoms with van der Waals surface area (Å²) in [6.45, 7) is 4.41. The van der Waals surface area contributed by atoms with Crippen molar-refractivity contribution in [2.45, 2.75) is 33.2 Å². The number of amides is 1. The number of piperidine rings is 1. The predicted molar refractivity (Wildman–Crippen MR) is 100 cm³/mol. The number of benzene rings is 1. The zero-order valence-electron chi connectivity index (χ0n) is 15.5. The molecule has 0 spiro atoms. The first-order valence-electron chi connectivity index (χ1n) is 9.04. The van der Waals surface area contributed by atoms with Gasteiger partial charge in [0.05, 0.1) is 18.2 Å². The van der Waals surface area contributed by atoms with Crippen molar-refractivity contribution in [3.63, 3.8) is 0 Å². The molecule has 146 valence electrons. The Labute approximate surface area is 159 Å². The second-order valence-corrected chi connectivity index (χ2v) is 8.95. The third kappa shape index (κ3) is 4.72. The Morgan fingerprint density at radius 2 is 2.22 bits per heavy atom. The van der Waals surface area contributed by atoms with Crippen LogP contribution in [0.1, 0.15) is 31.2 Å². The van der Waals surface area contributed by atoms with Crippen LogP contribution in [0.4, 0.5) is 0 Å². The fourth-order valence-corrected chi connectivity index (χ4v) is 4.31. The zero-order valence-corrected chi connectivity index (χ0v) is 16.3. The smallest absolute Gasteiger partial charge is 0.246 e. The van der Waals surface area contributed by atoms with Gasteiger partial charge in [0.2, 0.25) is 27.6 Å². The average Bonchev–Trinajstić information content (AvgIpc) is 3.15. The number of carbonyl (C=O) groups is 1. The maximum atomic E-state index is 12.4. The largest absolute Gasteiger partial charge is 0.347 e. The minimum absolute atomic E-state index is 0.0467. The van der Waals surface area contributed by atoms with Crippen LogP contribution in [-0.2, 0) is 21.4 Å². The number of rotatable bonds is 6. The van der Waals surface area contributed by atoms with Crippen molar-refractivity contribution >= 4 is 15.9 Å². The van der Waals surface area contributed by atoms with E-state index in [1.807, 2.05) is 31.2 Å². The van der Waals surface area contributed by atoms with E-state index in [4.69, 9.17) is 4.52 Å². The molecule has 1 fully saturated rings. The van der Waals surface area contributed by atoms with E-state index >= 15 is 0 Å². The lowest BCUT2D eigenvalue weighted by atomic mass is 9.99. The molecule has 1 saturated heterocycles. The second kappa shape index (κ2) is 8.18. The van der Waals surface area contributed by atoms with E-state index in [2.05, 4.69) is 15.5 Å². The number of hydrogen-bond acceptors (Lipinski definition) is 6. The highest BCUT2D eigenvalue weighted by Gasteiger charge is 2.31. The van der Waals surface area contributed by atoms with Crippen LogP contribution in [0.5, 0.6) is 0 Å². The number of sulfonamides is 1. The lowest BCUT2D eigenvalue weighted by molar-refractivity contribution is -0.126. The maximum absolute atomic E-state index is 12.4. The molecule has 1 aliphatic heterocycles. The molecule has 1 amide bonds. The summed E-state index contributed by atoms with van der Waals surface area (Å²) in [5.41, 5.74) is 1.94. The predicted octanol–water partition coefficient (Wildman–Crippen LogP) is 1.72. The van der Waals surface area contributed by atoms with E-state index in [0.717, 1.165) is 11.1 Å². The Hall–Kier alpha value is -2.26. The molecule has 8 nitrogen and oxygen atoms in total. The third-order valence-electron chi connectivity index (χ3n) is 4.67. The molecule has 1 aromatic carbocycles. The van der Waals surface area contributed by atoms with E-state index in [1.165, 1.54) is 4.31 Å². The fourth-order valence-electron chi connectivity index (χ4n) is 3.13. The summed E-state index contributed by atoms with van der Waals surface area (Å²) in [7, 11) is -3.27. The van der Waals surface area contributed by atoms with Crippen molar-refractivity contribution in [2.75, 3.05) is 18.8 Å². The van der Waals surface area contributed by atoms with Crippen molar-refractivity contribution in [2.24, 2.45) is 5.92 Å². The minimum Gasteiger partial charge on any atom is -0.347 e. The van der Waals surface area contributed by atoms with Crippen LogP contribution >= 0.6 is 0 Å². The van der Waals surface area contributed by atoms with Gasteiger partial charge in [0, 0.05) is 18.7 Å². The fraction of sp³-hybridized carbons (Fsp3) is 0.500. The van der Waals surface area contributed by atoms with Crippen LogP contribution in [-0.4, -0.2) is 47.6 Å². The van der Waals surface area contributed by atoms with Crippen LogP contribution in [0.2, 0.25) is 0 Å². The summed E-state index contributed by atoms with van der Waals surface area (Å²) in [5.74, 6) is 0.278. The van der Waals surface area contributed by atoms with E-state index in [-0.39, 0.29) is 30.7 Å². The van der Waals surface area contributed by atoms with Crippen LogP contribution < -0.4 is 5.32 Å². The Balaban J connectivity index is 1.58. The van der Waals surface area contributed by atoms with Gasteiger partial charge >= 0.3 is 0 Å². The highest BCUT2D eigenvalue weighted by Crippen LogP contribution is 2.20. The second-order valence-electron chi connectivity index (χ2n) is 6.70. The van der Waals surface area contributed by atoms with Crippen molar-refractivity contribution in [1.29, 1.82) is 0 Å². The molecule has 0 bridgehead atoms. The first-order valence-corrected chi connectivity index (χ1v) is 10.6. The quantitative estimate of drug-likeness (QED) is 0.802. The normalized spacial score (nSPS) is 18.4. The highest BCUT2D eigenvalue weighted by atomic mass is 32.2. The molecule has 27 heavy (non-hydrogen) atoms. The molecule has 2 aromatic rings. The van der Waals surface area contributed by atoms with Crippen LogP contribution in [0, 0.1) is 12.8 Å². The van der Waals surface area contributed by atoms with Crippen molar-refractivity contribution in [1.82, 2.24) is 19.8 Å². The first kappa shape index (κ1) is 19.5. The topological polar surface area (TPSA) is 105 Å². The van der Waals surface area contributed by atoms with Crippen LogP contribution in [0.3, 0.4) is 0 Å². The molecule has 9 heteroatoms. The molecule has 0 unspecified atom stereocenters. The summed E-state index contributed by atoms with van der Waals surface area (Å²) in [6.07, 6.45) is 1.34. The van der Waals surface area contributed by atoms with E-state index < -0.39 is 10.0 Å². The van der Waals surface area contributed by atoms with Gasteiger partial charge in [-0.1, -0.05) is 28.9 Å². The van der Waals surface area contributed by atoms with Gasteiger partial charge in [0.25, 0.3) is 0 Å². The molecular formula is C18H24N4O4S. The standard InChI is InChI=1S/C18H24N4O4S/c1-3-27(24,25)22-9-5-8-15(12-22)18(23)19-11-16-20-17(21-26-16)14-7-4-6-13(2)10-14/h4,6-7,10,15H,3,5,8-9,11-12H2,1-2H3,(H,19,23)/t15-/m0/s1. The van der Waals surface area contributed by atoms with Crippen LogP contribution in [0.15, 0.2) is 28.8 Å². The van der Waals surface area contributed by atoms with Crippen molar-refractivity contribution < 1.29 is 17.7 Å². The Kier molecular flexibility index (Phi) is 5.91. The molecule has 1 aromatic heterocycles. The molecule has 0 radical (unpaired) electrons. The molecule has 1 aliphatic rings. The highest BCUT2D eigenvalue weighted by molar-refractivity contribution is 7.89. The van der Waals surface area contributed by atoms with E-state index in [1.54, 1.807) is 6.92 Å². The number of hydrogen-bond donors (Lipinski definition) is 1. The summed E-state index contributed by atoms with van der Waals surface area (Å²) in [5, 5.41) is 6.73. The Bertz CT molecular complexity index is 910. The Morgan fingerprint density at radius 1 is 1.41 bits per heavy atom. The summed E-state index contributed by atoms with van der Waals surface area (Å²) in [4.78, 5) is 16.7. The minimum atomic E-state index is -3.27. The van der Waals surface area contributed by atoms with Crippen LogP contribution in [0.25, 0.3) is 11.4 Å². The SMILES string of the molecule is CCS(=O)(=O)N1CCC[C@H](C(=O)NCc2nc(-c3cccc(C)c3)no2)C1. The van der Waals surface area contributed by atoms with Gasteiger partial charge in [-0.25, -0.2) is 12.7 Å². The molecule has 2 heterocycles. The zero-order chi connectivity index (χ0) is 19.4. The molecule has 1 atom stereocenters. The summed E-state index contributed by atoms with van der Waals surface area (Å²) in [6, 6.07) is 7.75. The number of aromatic nitrogens is 2. The van der Waals surface area contributed by atoms with Gasteiger partial charge in [0.15, 0.2) is 0 Å². The van der Waals surface area contributed by atoms with Gasteiger partial charge in [-0.3, -0.25) is 4.79 Å². The number of nitrogens with zero attached hydrogens (tertiary/aromatic N) is 3. The number of carbonyl (C=O) groups excluding carboxylic acids is 1. The maximum Gasteiger partial charge on any atom is 0.246 e. The first-order chi connectivity index (χ1) is 12.9. The summed E-state index contributed by atoms with van der Waals surface area (Å²) >= 11 is 0. The van der Waals surface area contributed by atoms with Gasteiger partial charge < -0.3 is 9.84 Å². The molecular weight excluding hydrogens is 368 g/mol. The van der Waals surface area contributed by atoms with Gasteiger partial charge in [-0.05, 0) is 32.8 Å². The van der Waals surface area contributed by atoms with E-state index in [0.29, 0.717) is 31.1 Å².